The van der Waals surface area contributed by atoms with Crippen LogP contribution in [0.4, 0.5) is 0 Å². The molecule has 0 unspecified atom stereocenters. The third kappa shape index (κ3) is 3.38. The van der Waals surface area contributed by atoms with Crippen molar-refractivity contribution < 1.29 is 4.42 Å². The number of hydrogen-bond acceptors (Lipinski definition) is 3. The van der Waals surface area contributed by atoms with Gasteiger partial charge in [-0.15, -0.1) is 10.2 Å². The maximum Gasteiger partial charge on any atom is 0.248 e. The van der Waals surface area contributed by atoms with E-state index in [9.17, 15) is 0 Å². The van der Waals surface area contributed by atoms with Crippen LogP contribution in [0.3, 0.4) is 0 Å². The van der Waals surface area contributed by atoms with E-state index in [2.05, 4.69) is 10.2 Å². The third-order valence-electron chi connectivity index (χ3n) is 3.01. The minimum absolute atomic E-state index is 0.463. The van der Waals surface area contributed by atoms with Gasteiger partial charge in [0.15, 0.2) is 0 Å². The van der Waals surface area contributed by atoms with E-state index >= 15 is 0 Å². The van der Waals surface area contributed by atoms with E-state index in [1.165, 1.54) is 5.56 Å². The Balaban J connectivity index is 1.80. The number of aromatic nitrogens is 2. The molecular formula is C17H13ClN2O. The van der Waals surface area contributed by atoms with Crippen molar-refractivity contribution >= 4 is 23.8 Å². The molecule has 0 saturated heterocycles. The second-order valence-electron chi connectivity index (χ2n) is 4.70. The predicted octanol–water partition coefficient (Wildman–Crippen LogP) is 4.87. The minimum Gasteiger partial charge on any atom is -0.417 e. The van der Waals surface area contributed by atoms with Gasteiger partial charge >= 0.3 is 0 Å². The van der Waals surface area contributed by atoms with Gasteiger partial charge in [0.1, 0.15) is 0 Å². The Kier molecular flexibility index (Phi) is 3.84. The van der Waals surface area contributed by atoms with Crippen LogP contribution in [0, 0.1) is 6.92 Å². The molecule has 0 aliphatic carbocycles. The van der Waals surface area contributed by atoms with Crippen LogP contribution < -0.4 is 0 Å². The van der Waals surface area contributed by atoms with Crippen LogP contribution in [0.2, 0.25) is 5.02 Å². The molecule has 1 aromatic heterocycles. The summed E-state index contributed by atoms with van der Waals surface area (Å²) in [6.45, 7) is 2.04. The van der Waals surface area contributed by atoms with E-state index in [1.807, 2.05) is 61.5 Å². The second-order valence-corrected chi connectivity index (χ2v) is 5.14. The third-order valence-corrected chi connectivity index (χ3v) is 3.24. The smallest absolute Gasteiger partial charge is 0.248 e. The molecule has 0 bridgehead atoms. The first-order chi connectivity index (χ1) is 10.2. The summed E-state index contributed by atoms with van der Waals surface area (Å²) in [4.78, 5) is 0. The molecule has 104 valence electrons. The molecule has 0 aliphatic rings. The average molecular weight is 297 g/mol. The molecule has 0 atom stereocenters. The van der Waals surface area contributed by atoms with E-state index in [0.717, 1.165) is 11.1 Å². The van der Waals surface area contributed by atoms with E-state index in [1.54, 1.807) is 6.08 Å². The van der Waals surface area contributed by atoms with Crippen LogP contribution in [0.25, 0.3) is 23.6 Å². The van der Waals surface area contributed by atoms with Crippen molar-refractivity contribution in [2.75, 3.05) is 0 Å². The molecule has 0 amide bonds. The molecule has 0 spiro atoms. The SMILES string of the molecule is Cc1ccc(-c2nnc(/C=C/c3cccc(Cl)c3)o2)cc1. The molecule has 0 N–H and O–H groups in total. The Labute approximate surface area is 127 Å². The van der Waals surface area contributed by atoms with Gasteiger partial charge in [0.25, 0.3) is 0 Å². The summed E-state index contributed by atoms with van der Waals surface area (Å²) in [6.07, 6.45) is 3.66. The Hall–Kier alpha value is -2.39. The molecule has 0 aliphatic heterocycles. The second kappa shape index (κ2) is 5.94. The Morgan fingerprint density at radius 2 is 1.81 bits per heavy atom. The van der Waals surface area contributed by atoms with Gasteiger partial charge in [0.2, 0.25) is 11.8 Å². The van der Waals surface area contributed by atoms with Crippen LogP contribution in [0.15, 0.2) is 52.9 Å². The molecule has 0 saturated carbocycles. The van der Waals surface area contributed by atoms with Gasteiger partial charge in [0.05, 0.1) is 0 Å². The summed E-state index contributed by atoms with van der Waals surface area (Å²) in [6, 6.07) is 15.5. The first-order valence-electron chi connectivity index (χ1n) is 6.55. The Morgan fingerprint density at radius 3 is 2.57 bits per heavy atom. The lowest BCUT2D eigenvalue weighted by molar-refractivity contribution is 0.558. The van der Waals surface area contributed by atoms with Gasteiger partial charge in [-0.05, 0) is 42.8 Å². The van der Waals surface area contributed by atoms with Gasteiger partial charge in [-0.2, -0.15) is 0 Å². The lowest BCUT2D eigenvalue weighted by Gasteiger charge is -1.95. The molecular weight excluding hydrogens is 284 g/mol. The maximum atomic E-state index is 5.94. The molecule has 21 heavy (non-hydrogen) atoms. The molecule has 3 nitrogen and oxygen atoms in total. The Bertz CT molecular complexity index is 775. The minimum atomic E-state index is 0.463. The van der Waals surface area contributed by atoms with E-state index in [0.29, 0.717) is 16.8 Å². The fourth-order valence-corrected chi connectivity index (χ4v) is 2.09. The van der Waals surface area contributed by atoms with Crippen LogP contribution in [0.5, 0.6) is 0 Å². The molecule has 3 aromatic rings. The highest BCUT2D eigenvalue weighted by Gasteiger charge is 2.05. The molecule has 2 aromatic carbocycles. The van der Waals surface area contributed by atoms with Gasteiger partial charge in [-0.25, -0.2) is 0 Å². The number of nitrogens with zero attached hydrogens (tertiary/aromatic N) is 2. The zero-order valence-electron chi connectivity index (χ0n) is 11.5. The standard InChI is InChI=1S/C17H13ClN2O/c1-12-5-8-14(9-6-12)17-20-19-16(21-17)10-7-13-3-2-4-15(18)11-13/h2-11H,1H3/b10-7+. The lowest BCUT2D eigenvalue weighted by Crippen LogP contribution is -1.77. The quantitative estimate of drug-likeness (QED) is 0.692. The molecule has 0 fully saturated rings. The van der Waals surface area contributed by atoms with Gasteiger partial charge < -0.3 is 4.42 Å². The average Bonchev–Trinajstić information content (AvgIpc) is 2.95. The van der Waals surface area contributed by atoms with Gasteiger partial charge in [-0.1, -0.05) is 41.4 Å². The van der Waals surface area contributed by atoms with Crippen LogP contribution in [0.1, 0.15) is 17.0 Å². The van der Waals surface area contributed by atoms with Crippen molar-refractivity contribution in [1.29, 1.82) is 0 Å². The molecule has 1 heterocycles. The number of benzene rings is 2. The fourth-order valence-electron chi connectivity index (χ4n) is 1.89. The van der Waals surface area contributed by atoms with E-state index in [-0.39, 0.29) is 0 Å². The van der Waals surface area contributed by atoms with E-state index in [4.69, 9.17) is 16.0 Å². The maximum absolute atomic E-state index is 5.94. The molecule has 3 rings (SSSR count). The van der Waals surface area contributed by atoms with Crippen molar-refractivity contribution in [3.8, 4) is 11.5 Å². The summed E-state index contributed by atoms with van der Waals surface area (Å²) in [7, 11) is 0. The highest BCUT2D eigenvalue weighted by Crippen LogP contribution is 2.19. The zero-order chi connectivity index (χ0) is 14.7. The normalized spacial score (nSPS) is 11.1. The lowest BCUT2D eigenvalue weighted by atomic mass is 10.1. The highest BCUT2D eigenvalue weighted by molar-refractivity contribution is 6.30. The van der Waals surface area contributed by atoms with Crippen molar-refractivity contribution in [3.05, 3.63) is 70.6 Å². The molecule has 0 radical (unpaired) electrons. The summed E-state index contributed by atoms with van der Waals surface area (Å²) in [5.41, 5.74) is 3.09. The molecule has 4 heteroatoms. The predicted molar refractivity (Wildman–Crippen MR) is 84.9 cm³/mol. The van der Waals surface area contributed by atoms with Gasteiger partial charge in [0, 0.05) is 16.7 Å². The van der Waals surface area contributed by atoms with E-state index < -0.39 is 0 Å². The van der Waals surface area contributed by atoms with Crippen LogP contribution in [-0.4, -0.2) is 10.2 Å². The number of rotatable bonds is 3. The van der Waals surface area contributed by atoms with Crippen molar-refractivity contribution in [3.63, 3.8) is 0 Å². The number of halogens is 1. The largest absolute Gasteiger partial charge is 0.417 e. The number of hydrogen-bond donors (Lipinski definition) is 0. The highest BCUT2D eigenvalue weighted by atomic mass is 35.5. The summed E-state index contributed by atoms with van der Waals surface area (Å²) in [5.74, 6) is 0.978. The summed E-state index contributed by atoms with van der Waals surface area (Å²) in [5, 5.41) is 8.77. The Morgan fingerprint density at radius 1 is 1.00 bits per heavy atom. The topological polar surface area (TPSA) is 38.9 Å². The van der Waals surface area contributed by atoms with Crippen LogP contribution in [-0.2, 0) is 0 Å². The number of aryl methyl sites for hydroxylation is 1. The monoisotopic (exact) mass is 296 g/mol. The summed E-state index contributed by atoms with van der Waals surface area (Å²) >= 11 is 5.94. The first-order valence-corrected chi connectivity index (χ1v) is 6.93. The first kappa shape index (κ1) is 13.6. The summed E-state index contributed by atoms with van der Waals surface area (Å²) < 4.78 is 5.62. The van der Waals surface area contributed by atoms with Crippen molar-refractivity contribution in [2.24, 2.45) is 0 Å². The van der Waals surface area contributed by atoms with Gasteiger partial charge in [-0.3, -0.25) is 0 Å². The van der Waals surface area contributed by atoms with Crippen molar-refractivity contribution in [2.45, 2.75) is 6.92 Å². The zero-order valence-corrected chi connectivity index (χ0v) is 12.2. The van der Waals surface area contributed by atoms with Crippen molar-refractivity contribution in [1.82, 2.24) is 10.2 Å². The fraction of sp³-hybridized carbons (Fsp3) is 0.0588. The van der Waals surface area contributed by atoms with Crippen LogP contribution >= 0.6 is 11.6 Å².